The second-order valence-electron chi connectivity index (χ2n) is 9.30. The van der Waals surface area contributed by atoms with E-state index in [0.29, 0.717) is 28.6 Å². The first-order valence-electron chi connectivity index (χ1n) is 10.3. The van der Waals surface area contributed by atoms with Gasteiger partial charge in [0, 0.05) is 16.5 Å². The number of hydrogen-bond acceptors (Lipinski definition) is 7. The van der Waals surface area contributed by atoms with Crippen LogP contribution in [0.1, 0.15) is 54.2 Å². The van der Waals surface area contributed by atoms with Crippen molar-refractivity contribution in [1.29, 1.82) is 5.26 Å². The van der Waals surface area contributed by atoms with Crippen LogP contribution >= 0.6 is 0 Å². The molecular weight excluding hydrogens is 416 g/mol. The second kappa shape index (κ2) is 11.0. The Bertz CT molecular complexity index is 1080. The average molecular weight is 451 g/mol. The maximum atomic E-state index is 9.87. The highest BCUT2D eigenvalue weighted by Gasteiger charge is 2.25. The maximum absolute atomic E-state index is 9.87. The molecule has 0 saturated heterocycles. The van der Waals surface area contributed by atoms with Crippen LogP contribution in [0.2, 0.25) is 0 Å². The molecular formula is C23H34N10. The largest absolute Gasteiger partial charge is 0.405 e. The number of nitrogens with one attached hydrogen (secondary N) is 1. The summed E-state index contributed by atoms with van der Waals surface area (Å²) in [6.07, 6.45) is 6.27. The molecule has 0 spiro atoms. The summed E-state index contributed by atoms with van der Waals surface area (Å²) in [7, 11) is 0. The predicted octanol–water partition coefficient (Wildman–Crippen LogP) is 4.52. The second-order valence-corrected chi connectivity index (χ2v) is 9.30. The van der Waals surface area contributed by atoms with Crippen LogP contribution in [-0.2, 0) is 5.41 Å². The predicted molar refractivity (Wildman–Crippen MR) is 134 cm³/mol. The van der Waals surface area contributed by atoms with Crippen molar-refractivity contribution in [2.45, 2.75) is 53.9 Å². The molecule has 0 saturated carbocycles. The Morgan fingerprint density at radius 3 is 2.27 bits per heavy atom. The number of H-pyrrole nitrogens is 1. The molecule has 10 nitrogen and oxygen atoms in total. The first-order chi connectivity index (χ1) is 15.2. The summed E-state index contributed by atoms with van der Waals surface area (Å²) in [4.78, 5) is 8.62. The molecule has 176 valence electrons. The van der Waals surface area contributed by atoms with E-state index in [9.17, 15) is 5.26 Å². The minimum Gasteiger partial charge on any atom is -0.405 e. The van der Waals surface area contributed by atoms with E-state index in [1.807, 2.05) is 41.5 Å². The molecule has 1 rings (SSSR count). The van der Waals surface area contributed by atoms with Gasteiger partial charge >= 0.3 is 0 Å². The van der Waals surface area contributed by atoms with Gasteiger partial charge in [0.25, 0.3) is 0 Å². The van der Waals surface area contributed by atoms with Crippen molar-refractivity contribution in [3.8, 4) is 6.07 Å². The smallest absolute Gasteiger partial charge is 0.203 e. The monoisotopic (exact) mass is 450 g/mol. The lowest BCUT2D eigenvalue weighted by molar-refractivity contribution is 0.496. The van der Waals surface area contributed by atoms with Crippen molar-refractivity contribution >= 4 is 23.2 Å². The SMILES string of the molecule is C=C(C=CC=CN)N=C(N=Nc1c(N=C(C)N)n[nH]c1C(C)(C)C)C(C#N)=C(N)C(C)(C)C. The number of hydrogen-bond donors (Lipinski definition) is 4. The summed E-state index contributed by atoms with van der Waals surface area (Å²) in [6, 6.07) is 2.10. The molecule has 0 amide bonds. The Labute approximate surface area is 195 Å². The fraction of sp³-hybridized carbons (Fsp3) is 0.391. The van der Waals surface area contributed by atoms with Crippen LogP contribution < -0.4 is 17.2 Å². The van der Waals surface area contributed by atoms with Crippen molar-refractivity contribution in [2.24, 2.45) is 42.8 Å². The highest BCUT2D eigenvalue weighted by Crippen LogP contribution is 2.37. The molecule has 1 aromatic rings. The van der Waals surface area contributed by atoms with Crippen LogP contribution in [0.25, 0.3) is 0 Å². The summed E-state index contributed by atoms with van der Waals surface area (Å²) in [6.45, 7) is 17.2. The fourth-order valence-electron chi connectivity index (χ4n) is 2.42. The van der Waals surface area contributed by atoms with Crippen molar-refractivity contribution in [3.05, 3.63) is 53.7 Å². The summed E-state index contributed by atoms with van der Waals surface area (Å²) in [5, 5.41) is 25.7. The molecule has 1 heterocycles. The third-order valence-corrected chi connectivity index (χ3v) is 4.17. The molecule has 7 N–H and O–H groups in total. The summed E-state index contributed by atoms with van der Waals surface area (Å²) in [5.74, 6) is 0.603. The zero-order valence-corrected chi connectivity index (χ0v) is 20.4. The number of rotatable bonds is 6. The first kappa shape index (κ1) is 27.0. The molecule has 0 aliphatic heterocycles. The van der Waals surface area contributed by atoms with E-state index >= 15 is 0 Å². The lowest BCUT2D eigenvalue weighted by atomic mass is 9.89. The lowest BCUT2D eigenvalue weighted by Gasteiger charge is -2.20. The number of aromatic nitrogens is 2. The molecule has 0 radical (unpaired) electrons. The number of aromatic amines is 1. The van der Waals surface area contributed by atoms with Gasteiger partial charge in [-0.05, 0) is 25.3 Å². The van der Waals surface area contributed by atoms with Crippen molar-refractivity contribution in [3.63, 3.8) is 0 Å². The summed E-state index contributed by atoms with van der Waals surface area (Å²) < 4.78 is 0. The van der Waals surface area contributed by atoms with Crippen LogP contribution in [0.4, 0.5) is 11.5 Å². The Morgan fingerprint density at radius 1 is 1.15 bits per heavy atom. The van der Waals surface area contributed by atoms with Crippen LogP contribution in [-0.4, -0.2) is 21.9 Å². The van der Waals surface area contributed by atoms with E-state index in [1.54, 1.807) is 25.2 Å². The van der Waals surface area contributed by atoms with E-state index in [1.165, 1.54) is 6.20 Å². The molecule has 10 heteroatoms. The number of allylic oxidation sites excluding steroid dienone is 4. The quantitative estimate of drug-likeness (QED) is 0.163. The van der Waals surface area contributed by atoms with Gasteiger partial charge in [0.1, 0.15) is 11.6 Å². The van der Waals surface area contributed by atoms with E-state index in [2.05, 4.69) is 43.1 Å². The fourth-order valence-corrected chi connectivity index (χ4v) is 2.42. The van der Waals surface area contributed by atoms with Crippen molar-refractivity contribution in [1.82, 2.24) is 10.2 Å². The van der Waals surface area contributed by atoms with Gasteiger partial charge in [0.05, 0.1) is 17.2 Å². The summed E-state index contributed by atoms with van der Waals surface area (Å²) >= 11 is 0. The first-order valence-corrected chi connectivity index (χ1v) is 10.3. The normalized spacial score (nSPS) is 14.8. The Morgan fingerprint density at radius 2 is 1.79 bits per heavy atom. The molecule has 0 fully saturated rings. The highest BCUT2D eigenvalue weighted by atomic mass is 15.2. The van der Waals surface area contributed by atoms with Gasteiger partial charge in [0.15, 0.2) is 11.5 Å². The number of aliphatic imine (C=N–C) groups is 2. The van der Waals surface area contributed by atoms with Gasteiger partial charge in [-0.1, -0.05) is 54.2 Å². The molecule has 0 aromatic carbocycles. The molecule has 0 unspecified atom stereocenters. The number of azo groups is 1. The zero-order chi connectivity index (χ0) is 25.4. The number of nitriles is 1. The van der Waals surface area contributed by atoms with Crippen molar-refractivity contribution < 1.29 is 0 Å². The number of amidine groups is 2. The third kappa shape index (κ3) is 7.88. The minimum atomic E-state index is -0.501. The van der Waals surface area contributed by atoms with Gasteiger partial charge in [0.2, 0.25) is 5.82 Å². The standard InChI is InChI=1S/C23H34N10/c1-14(11-9-10-12-24)28-20(16(13-25)18(27)22(3,4)5)32-30-17-19(23(6,7)8)31-33-21(17)29-15(2)26/h9-12H,1,24,27H2,2-8H3,(H3,26,29,31,33). The van der Waals surface area contributed by atoms with E-state index in [0.717, 1.165) is 0 Å². The third-order valence-electron chi connectivity index (χ3n) is 4.17. The molecule has 1 aromatic heterocycles. The molecule has 0 atom stereocenters. The highest BCUT2D eigenvalue weighted by molar-refractivity contribution is 6.03. The molecule has 0 aliphatic rings. The van der Waals surface area contributed by atoms with Gasteiger partial charge < -0.3 is 17.2 Å². The Hall–Kier alpha value is -4.00. The van der Waals surface area contributed by atoms with Gasteiger partial charge in [-0.25, -0.2) is 9.98 Å². The van der Waals surface area contributed by atoms with Gasteiger partial charge in [-0.3, -0.25) is 5.10 Å². The topological polar surface area (TPSA) is 180 Å². The maximum Gasteiger partial charge on any atom is 0.203 e. The van der Waals surface area contributed by atoms with Gasteiger partial charge in [-0.15, -0.1) is 10.2 Å². The Kier molecular flexibility index (Phi) is 9.04. The van der Waals surface area contributed by atoms with Crippen molar-refractivity contribution in [2.75, 3.05) is 0 Å². The molecule has 0 bridgehead atoms. The van der Waals surface area contributed by atoms with Gasteiger partial charge in [-0.2, -0.15) is 10.4 Å². The average Bonchev–Trinajstić information content (AvgIpc) is 3.08. The van der Waals surface area contributed by atoms with Crippen LogP contribution in [0.3, 0.4) is 0 Å². The van der Waals surface area contributed by atoms with Crippen LogP contribution in [0.5, 0.6) is 0 Å². The lowest BCUT2D eigenvalue weighted by Crippen LogP contribution is -2.21. The molecule has 33 heavy (non-hydrogen) atoms. The van der Waals surface area contributed by atoms with E-state index in [-0.39, 0.29) is 22.6 Å². The summed E-state index contributed by atoms with van der Waals surface area (Å²) in [5.41, 5.74) is 18.4. The van der Waals surface area contributed by atoms with Crippen LogP contribution in [0.15, 0.2) is 68.2 Å². The minimum absolute atomic E-state index is 0.0109. The van der Waals surface area contributed by atoms with E-state index in [4.69, 9.17) is 17.2 Å². The zero-order valence-electron chi connectivity index (χ0n) is 20.4. The van der Waals surface area contributed by atoms with Crippen LogP contribution in [0, 0.1) is 16.7 Å². The van der Waals surface area contributed by atoms with E-state index < -0.39 is 5.41 Å². The number of nitrogens with zero attached hydrogens (tertiary/aromatic N) is 6. The molecule has 0 aliphatic carbocycles. The number of nitrogens with two attached hydrogens (primary N) is 3. The Balaban J connectivity index is 3.77.